The minimum Gasteiger partial charge on any atom is -0.341 e. The van der Waals surface area contributed by atoms with E-state index in [-0.39, 0.29) is 0 Å². The first-order chi connectivity index (χ1) is 7.83. The van der Waals surface area contributed by atoms with Crippen molar-refractivity contribution in [1.29, 1.82) is 0 Å². The zero-order valence-corrected chi connectivity index (χ0v) is 10.1. The van der Waals surface area contributed by atoms with E-state index in [1.54, 1.807) is 6.20 Å². The maximum Gasteiger partial charge on any atom is 0.137 e. The highest BCUT2D eigenvalue weighted by atomic mass is 32.2. The number of benzene rings is 1. The van der Waals surface area contributed by atoms with Crippen molar-refractivity contribution in [3.8, 4) is 11.4 Å². The maximum absolute atomic E-state index is 5.53. The highest BCUT2D eigenvalue weighted by Gasteiger charge is 2.02. The second-order valence-corrected chi connectivity index (χ2v) is 4.76. The largest absolute Gasteiger partial charge is 0.341 e. The molecule has 4 heteroatoms. The van der Waals surface area contributed by atoms with Gasteiger partial charge in [0.1, 0.15) is 5.82 Å². The molecule has 3 nitrogen and oxygen atoms in total. The summed E-state index contributed by atoms with van der Waals surface area (Å²) in [6.07, 6.45) is 1.78. The number of imidazole rings is 1. The smallest absolute Gasteiger partial charge is 0.137 e. The Bertz CT molecular complexity index is 448. The lowest BCUT2D eigenvalue weighted by molar-refractivity contribution is 1.01. The number of nitrogens with one attached hydrogen (secondary N) is 1. The standard InChI is InChI=1S/C12H15N3S/c1-2-16-11-5-3-9(4-6-11)12-14-8-10(7-13)15-12/h3-6,8H,2,7,13H2,1H3,(H,14,15). The zero-order valence-electron chi connectivity index (χ0n) is 9.23. The van der Waals surface area contributed by atoms with E-state index in [0.717, 1.165) is 22.8 Å². The van der Waals surface area contributed by atoms with E-state index in [0.29, 0.717) is 6.54 Å². The van der Waals surface area contributed by atoms with Crippen LogP contribution in [0.15, 0.2) is 35.4 Å². The van der Waals surface area contributed by atoms with Gasteiger partial charge in [0.05, 0.1) is 0 Å². The Morgan fingerprint density at radius 2 is 2.06 bits per heavy atom. The van der Waals surface area contributed by atoms with Crippen molar-refractivity contribution in [1.82, 2.24) is 9.97 Å². The van der Waals surface area contributed by atoms with Gasteiger partial charge in [0.2, 0.25) is 0 Å². The SMILES string of the molecule is CCSc1ccc(-c2ncc(CN)[nH]2)cc1. The molecule has 0 aliphatic rings. The summed E-state index contributed by atoms with van der Waals surface area (Å²) in [5, 5.41) is 0. The molecule has 0 fully saturated rings. The van der Waals surface area contributed by atoms with Gasteiger partial charge in [-0.1, -0.05) is 19.1 Å². The Hall–Kier alpha value is -1.26. The lowest BCUT2D eigenvalue weighted by atomic mass is 10.2. The van der Waals surface area contributed by atoms with Crippen LogP contribution in [0, 0.1) is 0 Å². The molecule has 0 saturated heterocycles. The number of H-pyrrole nitrogens is 1. The van der Waals surface area contributed by atoms with E-state index in [9.17, 15) is 0 Å². The first kappa shape index (κ1) is 11.2. The molecule has 0 aliphatic heterocycles. The molecule has 16 heavy (non-hydrogen) atoms. The van der Waals surface area contributed by atoms with Crippen molar-refractivity contribution >= 4 is 11.8 Å². The number of hydrogen-bond acceptors (Lipinski definition) is 3. The predicted molar refractivity (Wildman–Crippen MR) is 68.3 cm³/mol. The first-order valence-corrected chi connectivity index (χ1v) is 6.29. The summed E-state index contributed by atoms with van der Waals surface area (Å²) in [6.45, 7) is 2.65. The van der Waals surface area contributed by atoms with Gasteiger partial charge in [0, 0.05) is 28.9 Å². The van der Waals surface area contributed by atoms with Gasteiger partial charge in [0.25, 0.3) is 0 Å². The fraction of sp³-hybridized carbons (Fsp3) is 0.250. The normalized spacial score (nSPS) is 10.6. The predicted octanol–water partition coefficient (Wildman–Crippen LogP) is 2.65. The van der Waals surface area contributed by atoms with Crippen LogP contribution in [0.2, 0.25) is 0 Å². The van der Waals surface area contributed by atoms with Gasteiger partial charge in [-0.2, -0.15) is 0 Å². The minimum absolute atomic E-state index is 0.497. The van der Waals surface area contributed by atoms with Gasteiger partial charge in [0.15, 0.2) is 0 Å². The van der Waals surface area contributed by atoms with E-state index in [4.69, 9.17) is 5.73 Å². The Morgan fingerprint density at radius 1 is 1.31 bits per heavy atom. The van der Waals surface area contributed by atoms with Crippen molar-refractivity contribution < 1.29 is 0 Å². The molecule has 0 unspecified atom stereocenters. The molecule has 2 aromatic rings. The van der Waals surface area contributed by atoms with Crippen LogP contribution in [-0.4, -0.2) is 15.7 Å². The van der Waals surface area contributed by atoms with Gasteiger partial charge in [-0.3, -0.25) is 0 Å². The topological polar surface area (TPSA) is 54.7 Å². The molecule has 1 aromatic heterocycles. The molecule has 1 aromatic carbocycles. The average molecular weight is 233 g/mol. The molecule has 1 heterocycles. The quantitative estimate of drug-likeness (QED) is 0.798. The molecular weight excluding hydrogens is 218 g/mol. The molecule has 3 N–H and O–H groups in total. The Labute approximate surface area is 99.5 Å². The van der Waals surface area contributed by atoms with Gasteiger partial charge < -0.3 is 10.7 Å². The fourth-order valence-electron chi connectivity index (χ4n) is 1.49. The van der Waals surface area contributed by atoms with Crippen molar-refractivity contribution in [2.24, 2.45) is 5.73 Å². The Balaban J connectivity index is 2.20. The highest BCUT2D eigenvalue weighted by molar-refractivity contribution is 7.99. The third-order valence-electron chi connectivity index (χ3n) is 2.29. The number of aromatic amines is 1. The number of nitrogens with two attached hydrogens (primary N) is 1. The molecule has 84 valence electrons. The second kappa shape index (κ2) is 5.18. The number of aromatic nitrogens is 2. The van der Waals surface area contributed by atoms with Crippen molar-refractivity contribution in [3.05, 3.63) is 36.2 Å². The van der Waals surface area contributed by atoms with Crippen LogP contribution < -0.4 is 5.73 Å². The van der Waals surface area contributed by atoms with E-state index >= 15 is 0 Å². The lowest BCUT2D eigenvalue weighted by Crippen LogP contribution is -1.95. The van der Waals surface area contributed by atoms with Crippen LogP contribution in [0.3, 0.4) is 0 Å². The number of hydrogen-bond donors (Lipinski definition) is 2. The number of thioether (sulfide) groups is 1. The summed E-state index contributed by atoms with van der Waals surface area (Å²) in [5.41, 5.74) is 7.59. The highest BCUT2D eigenvalue weighted by Crippen LogP contribution is 2.22. The molecule has 0 saturated carbocycles. The zero-order chi connectivity index (χ0) is 11.4. The monoisotopic (exact) mass is 233 g/mol. The summed E-state index contributed by atoms with van der Waals surface area (Å²) in [4.78, 5) is 8.77. The molecule has 0 atom stereocenters. The van der Waals surface area contributed by atoms with Gasteiger partial charge in [-0.25, -0.2) is 4.98 Å². The van der Waals surface area contributed by atoms with E-state index in [1.807, 2.05) is 11.8 Å². The van der Waals surface area contributed by atoms with Gasteiger partial charge in [-0.05, 0) is 17.9 Å². The third kappa shape index (κ3) is 2.46. The summed E-state index contributed by atoms with van der Waals surface area (Å²) in [6, 6.07) is 8.40. The molecule has 0 radical (unpaired) electrons. The fourth-order valence-corrected chi connectivity index (χ4v) is 2.15. The molecular formula is C12H15N3S. The Kier molecular flexibility index (Phi) is 3.64. The molecule has 2 rings (SSSR count). The summed E-state index contributed by atoms with van der Waals surface area (Å²) < 4.78 is 0. The van der Waals surface area contributed by atoms with Crippen LogP contribution >= 0.6 is 11.8 Å². The molecule has 0 amide bonds. The van der Waals surface area contributed by atoms with E-state index in [1.165, 1.54) is 4.90 Å². The molecule has 0 spiro atoms. The van der Waals surface area contributed by atoms with E-state index in [2.05, 4.69) is 41.2 Å². The Morgan fingerprint density at radius 3 is 2.62 bits per heavy atom. The van der Waals surface area contributed by atoms with Crippen LogP contribution in [0.1, 0.15) is 12.6 Å². The van der Waals surface area contributed by atoms with Crippen molar-refractivity contribution in [3.63, 3.8) is 0 Å². The van der Waals surface area contributed by atoms with Gasteiger partial charge in [-0.15, -0.1) is 11.8 Å². The van der Waals surface area contributed by atoms with Crippen LogP contribution in [-0.2, 0) is 6.54 Å². The number of rotatable bonds is 4. The lowest BCUT2D eigenvalue weighted by Gasteiger charge is -2.00. The summed E-state index contributed by atoms with van der Waals surface area (Å²) >= 11 is 1.84. The maximum atomic E-state index is 5.53. The van der Waals surface area contributed by atoms with Crippen LogP contribution in [0.5, 0.6) is 0 Å². The molecule has 0 aliphatic carbocycles. The van der Waals surface area contributed by atoms with Crippen molar-refractivity contribution in [2.45, 2.75) is 18.4 Å². The van der Waals surface area contributed by atoms with Crippen LogP contribution in [0.4, 0.5) is 0 Å². The first-order valence-electron chi connectivity index (χ1n) is 5.30. The number of nitrogens with zero attached hydrogens (tertiary/aromatic N) is 1. The minimum atomic E-state index is 0.497. The van der Waals surface area contributed by atoms with E-state index < -0.39 is 0 Å². The van der Waals surface area contributed by atoms with Crippen molar-refractivity contribution in [2.75, 3.05) is 5.75 Å². The average Bonchev–Trinajstić information content (AvgIpc) is 2.79. The second-order valence-electron chi connectivity index (χ2n) is 3.42. The van der Waals surface area contributed by atoms with Gasteiger partial charge >= 0.3 is 0 Å². The third-order valence-corrected chi connectivity index (χ3v) is 3.18. The van der Waals surface area contributed by atoms with Crippen LogP contribution in [0.25, 0.3) is 11.4 Å². The molecule has 0 bridgehead atoms. The summed E-state index contributed by atoms with van der Waals surface area (Å²) in [7, 11) is 0. The summed E-state index contributed by atoms with van der Waals surface area (Å²) in [5.74, 6) is 1.98.